The van der Waals surface area contributed by atoms with E-state index < -0.39 is 8.32 Å². The van der Waals surface area contributed by atoms with Gasteiger partial charge in [0.15, 0.2) is 8.32 Å². The lowest BCUT2D eigenvalue weighted by Gasteiger charge is -2.58. The first-order valence-corrected chi connectivity index (χ1v) is 15.0. The molecule has 0 heterocycles. The SMILES string of the molecule is CCC1CCC2C3CC=C4CC(O[Si](C)(C)C)CCC4(C)C3CCC12C. The van der Waals surface area contributed by atoms with E-state index >= 15 is 0 Å². The van der Waals surface area contributed by atoms with E-state index in [0.29, 0.717) is 16.9 Å². The van der Waals surface area contributed by atoms with Gasteiger partial charge in [-0.2, -0.15) is 0 Å². The second-order valence-electron chi connectivity index (χ2n) is 11.6. The van der Waals surface area contributed by atoms with Crippen LogP contribution in [0.2, 0.25) is 19.6 Å². The minimum Gasteiger partial charge on any atom is -0.414 e. The molecule has 7 unspecified atom stereocenters. The predicted octanol–water partition coefficient (Wildman–Crippen LogP) is 7.20. The zero-order chi connectivity index (χ0) is 18.7. The molecule has 0 amide bonds. The third-order valence-electron chi connectivity index (χ3n) is 9.27. The molecular weight excluding hydrogens is 332 g/mol. The molecule has 0 spiro atoms. The highest BCUT2D eigenvalue weighted by Crippen LogP contribution is 2.66. The summed E-state index contributed by atoms with van der Waals surface area (Å²) in [5.74, 6) is 3.90. The predicted molar refractivity (Wildman–Crippen MR) is 114 cm³/mol. The number of hydrogen-bond acceptors (Lipinski definition) is 1. The van der Waals surface area contributed by atoms with Crippen molar-refractivity contribution < 1.29 is 4.43 Å². The van der Waals surface area contributed by atoms with Gasteiger partial charge < -0.3 is 4.43 Å². The van der Waals surface area contributed by atoms with Gasteiger partial charge in [0.1, 0.15) is 0 Å². The van der Waals surface area contributed by atoms with Crippen LogP contribution in [0.1, 0.15) is 78.6 Å². The zero-order valence-electron chi connectivity index (χ0n) is 18.2. The van der Waals surface area contributed by atoms with Crippen molar-refractivity contribution in [1.29, 1.82) is 0 Å². The molecule has 0 aliphatic heterocycles. The van der Waals surface area contributed by atoms with Crippen molar-refractivity contribution >= 4 is 8.32 Å². The largest absolute Gasteiger partial charge is 0.414 e. The van der Waals surface area contributed by atoms with Crippen molar-refractivity contribution in [3.05, 3.63) is 11.6 Å². The maximum absolute atomic E-state index is 6.52. The summed E-state index contributed by atoms with van der Waals surface area (Å²) in [6.45, 7) is 14.8. The molecule has 0 aromatic carbocycles. The van der Waals surface area contributed by atoms with Gasteiger partial charge in [0.2, 0.25) is 0 Å². The molecule has 0 saturated heterocycles. The fourth-order valence-electron chi connectivity index (χ4n) is 8.01. The molecular formula is C24H42OSi. The van der Waals surface area contributed by atoms with Crippen LogP contribution < -0.4 is 0 Å². The monoisotopic (exact) mass is 374 g/mol. The van der Waals surface area contributed by atoms with Crippen molar-refractivity contribution in [1.82, 2.24) is 0 Å². The quantitative estimate of drug-likeness (QED) is 0.375. The second-order valence-corrected chi connectivity index (χ2v) is 16.0. The van der Waals surface area contributed by atoms with E-state index in [0.717, 1.165) is 23.7 Å². The van der Waals surface area contributed by atoms with E-state index in [2.05, 4.69) is 46.5 Å². The Hall–Kier alpha value is -0.0831. The minimum atomic E-state index is -1.43. The van der Waals surface area contributed by atoms with Crippen LogP contribution in [0.3, 0.4) is 0 Å². The summed E-state index contributed by atoms with van der Waals surface area (Å²) in [4.78, 5) is 0. The van der Waals surface area contributed by atoms with Gasteiger partial charge in [0, 0.05) is 6.10 Å². The molecule has 4 aliphatic carbocycles. The van der Waals surface area contributed by atoms with E-state index in [-0.39, 0.29) is 0 Å². The lowest BCUT2D eigenvalue weighted by molar-refractivity contribution is -0.0488. The Morgan fingerprint density at radius 3 is 2.50 bits per heavy atom. The van der Waals surface area contributed by atoms with Crippen LogP contribution in [0.4, 0.5) is 0 Å². The van der Waals surface area contributed by atoms with Gasteiger partial charge in [-0.3, -0.25) is 0 Å². The van der Waals surface area contributed by atoms with Gasteiger partial charge >= 0.3 is 0 Å². The van der Waals surface area contributed by atoms with E-state index in [4.69, 9.17) is 4.43 Å². The van der Waals surface area contributed by atoms with Gasteiger partial charge in [-0.1, -0.05) is 38.8 Å². The molecule has 0 N–H and O–H groups in total. The van der Waals surface area contributed by atoms with Crippen LogP contribution in [0.15, 0.2) is 11.6 Å². The molecule has 0 bridgehead atoms. The average molecular weight is 375 g/mol. The zero-order valence-corrected chi connectivity index (χ0v) is 19.2. The molecule has 0 aromatic heterocycles. The van der Waals surface area contributed by atoms with Crippen molar-refractivity contribution in [3.8, 4) is 0 Å². The van der Waals surface area contributed by atoms with Crippen LogP contribution in [-0.2, 0) is 4.43 Å². The van der Waals surface area contributed by atoms with E-state index in [1.807, 2.05) is 0 Å². The first-order chi connectivity index (χ1) is 12.2. The molecule has 148 valence electrons. The number of allylic oxidation sites excluding steroid dienone is 1. The van der Waals surface area contributed by atoms with Gasteiger partial charge in [0.05, 0.1) is 0 Å². The van der Waals surface area contributed by atoms with Crippen LogP contribution >= 0.6 is 0 Å². The molecule has 7 atom stereocenters. The van der Waals surface area contributed by atoms with Crippen molar-refractivity contribution in [2.45, 2.75) is 104 Å². The average Bonchev–Trinajstić information content (AvgIpc) is 2.90. The Morgan fingerprint density at radius 1 is 1.04 bits per heavy atom. The molecule has 1 nitrogen and oxygen atoms in total. The maximum atomic E-state index is 6.52. The summed E-state index contributed by atoms with van der Waals surface area (Å²) in [7, 11) is -1.43. The summed E-state index contributed by atoms with van der Waals surface area (Å²) in [5.41, 5.74) is 2.91. The number of rotatable bonds is 3. The molecule has 26 heavy (non-hydrogen) atoms. The molecule has 0 aromatic rings. The van der Waals surface area contributed by atoms with E-state index in [9.17, 15) is 0 Å². The number of fused-ring (bicyclic) bond motifs is 5. The fourth-order valence-corrected chi connectivity index (χ4v) is 9.21. The van der Waals surface area contributed by atoms with Crippen LogP contribution in [0.25, 0.3) is 0 Å². The highest BCUT2D eigenvalue weighted by molar-refractivity contribution is 6.69. The van der Waals surface area contributed by atoms with Gasteiger partial charge in [-0.25, -0.2) is 0 Å². The number of hydrogen-bond donors (Lipinski definition) is 0. The topological polar surface area (TPSA) is 9.23 Å². The molecule has 3 fully saturated rings. The highest BCUT2D eigenvalue weighted by atomic mass is 28.4. The van der Waals surface area contributed by atoms with Gasteiger partial charge in [-0.15, -0.1) is 0 Å². The third-order valence-corrected chi connectivity index (χ3v) is 10.3. The van der Waals surface area contributed by atoms with Gasteiger partial charge in [-0.05, 0) is 106 Å². The molecule has 4 rings (SSSR count). The second kappa shape index (κ2) is 6.48. The third kappa shape index (κ3) is 2.98. The first kappa shape index (κ1) is 19.2. The highest BCUT2D eigenvalue weighted by Gasteiger charge is 2.58. The van der Waals surface area contributed by atoms with Crippen molar-refractivity contribution in [2.24, 2.45) is 34.5 Å². The van der Waals surface area contributed by atoms with Crippen LogP contribution in [0.5, 0.6) is 0 Å². The standard InChI is InChI=1S/C24H42OSi/c1-7-17-9-11-21-20-10-8-18-16-19(25-26(4,5)6)12-14-24(18,3)22(20)13-15-23(17,21)2/h8,17,19-22H,7,9-16H2,1-6H3. The Morgan fingerprint density at radius 2 is 1.81 bits per heavy atom. The molecule has 0 radical (unpaired) electrons. The Balaban J connectivity index is 1.56. The molecule has 2 heteroatoms. The minimum absolute atomic E-state index is 0.480. The summed E-state index contributed by atoms with van der Waals surface area (Å²) >= 11 is 0. The Kier molecular flexibility index (Phi) is 4.79. The summed E-state index contributed by atoms with van der Waals surface area (Å²) in [6.07, 6.45) is 15.9. The van der Waals surface area contributed by atoms with E-state index in [1.165, 1.54) is 57.8 Å². The van der Waals surface area contributed by atoms with Gasteiger partial charge in [0.25, 0.3) is 0 Å². The molecule has 3 saturated carbocycles. The lowest BCUT2D eigenvalue weighted by atomic mass is 9.47. The van der Waals surface area contributed by atoms with Crippen LogP contribution in [0, 0.1) is 34.5 Å². The fraction of sp³-hybridized carbons (Fsp3) is 0.917. The smallest absolute Gasteiger partial charge is 0.184 e. The normalized spacial score (nSPS) is 48.4. The Bertz CT molecular complexity index is 575. The summed E-state index contributed by atoms with van der Waals surface area (Å²) in [5, 5.41) is 0. The summed E-state index contributed by atoms with van der Waals surface area (Å²) in [6, 6.07) is 0. The summed E-state index contributed by atoms with van der Waals surface area (Å²) < 4.78 is 6.52. The van der Waals surface area contributed by atoms with Crippen LogP contribution in [-0.4, -0.2) is 14.4 Å². The molecule has 4 aliphatic rings. The first-order valence-electron chi connectivity index (χ1n) is 11.5. The van der Waals surface area contributed by atoms with E-state index in [1.54, 1.807) is 5.57 Å². The maximum Gasteiger partial charge on any atom is 0.184 e. The van der Waals surface area contributed by atoms with Crippen molar-refractivity contribution in [3.63, 3.8) is 0 Å². The van der Waals surface area contributed by atoms with Crippen molar-refractivity contribution in [2.75, 3.05) is 0 Å². The Labute approximate surface area is 163 Å². The lowest BCUT2D eigenvalue weighted by Crippen LogP contribution is -2.51.